The van der Waals surface area contributed by atoms with Crippen LogP contribution in [0.1, 0.15) is 34.6 Å². The fourth-order valence-corrected chi connectivity index (χ4v) is 3.71. The van der Waals surface area contributed by atoms with E-state index in [0.29, 0.717) is 5.69 Å². The van der Waals surface area contributed by atoms with Crippen LogP contribution in [0.25, 0.3) is 11.0 Å². The van der Waals surface area contributed by atoms with E-state index < -0.39 is 0 Å². The summed E-state index contributed by atoms with van der Waals surface area (Å²) in [5, 5.41) is 8.27. The molecular weight excluding hydrogens is 340 g/mol. The zero-order chi connectivity index (χ0) is 19.0. The number of rotatable bonds is 3. The Morgan fingerprint density at radius 2 is 1.93 bits per heavy atom. The summed E-state index contributed by atoms with van der Waals surface area (Å²) in [7, 11) is 1.78. The van der Waals surface area contributed by atoms with E-state index in [1.165, 1.54) is 5.56 Å². The molecule has 0 atom stereocenters. The number of carbonyl (C=O) groups is 1. The molecule has 27 heavy (non-hydrogen) atoms. The SMILES string of the molecule is Cc1cc(C)c2ccc(N3CCC(NC(=O)c4ccnn4C)CC3)nc2n1. The minimum Gasteiger partial charge on any atom is -0.356 e. The molecule has 4 heterocycles. The second kappa shape index (κ2) is 6.98. The first-order chi connectivity index (χ1) is 13.0. The van der Waals surface area contributed by atoms with Gasteiger partial charge in [0, 0.05) is 43.5 Å². The molecule has 140 valence electrons. The number of pyridine rings is 2. The second-order valence-electron chi connectivity index (χ2n) is 7.20. The third kappa shape index (κ3) is 3.49. The molecule has 0 unspecified atom stereocenters. The van der Waals surface area contributed by atoms with Gasteiger partial charge < -0.3 is 10.2 Å². The maximum absolute atomic E-state index is 12.4. The number of piperidine rings is 1. The van der Waals surface area contributed by atoms with Crippen molar-refractivity contribution < 1.29 is 4.79 Å². The number of carbonyl (C=O) groups excluding carboxylic acids is 1. The van der Waals surface area contributed by atoms with Gasteiger partial charge in [-0.05, 0) is 56.5 Å². The normalized spacial score (nSPS) is 15.3. The van der Waals surface area contributed by atoms with Crippen LogP contribution in [-0.4, -0.2) is 44.8 Å². The third-order valence-corrected chi connectivity index (χ3v) is 5.20. The van der Waals surface area contributed by atoms with E-state index in [1.54, 1.807) is 24.0 Å². The van der Waals surface area contributed by atoms with Crippen LogP contribution in [0.15, 0.2) is 30.5 Å². The van der Waals surface area contributed by atoms with Crippen LogP contribution in [-0.2, 0) is 7.05 Å². The van der Waals surface area contributed by atoms with E-state index in [-0.39, 0.29) is 11.9 Å². The van der Waals surface area contributed by atoms with Gasteiger partial charge in [-0.15, -0.1) is 0 Å². The fourth-order valence-electron chi connectivity index (χ4n) is 3.71. The highest BCUT2D eigenvalue weighted by Gasteiger charge is 2.23. The van der Waals surface area contributed by atoms with Crippen LogP contribution in [0.3, 0.4) is 0 Å². The standard InChI is InChI=1S/C20H24N6O/c1-13-12-14(2)22-19-16(13)4-5-18(24-19)26-10-7-15(8-11-26)23-20(27)17-6-9-21-25(17)3/h4-6,9,12,15H,7-8,10-11H2,1-3H3,(H,23,27). The molecule has 0 radical (unpaired) electrons. The largest absolute Gasteiger partial charge is 0.356 e. The van der Waals surface area contributed by atoms with Gasteiger partial charge in [0.15, 0.2) is 5.65 Å². The predicted octanol–water partition coefficient (Wildman–Crippen LogP) is 2.38. The van der Waals surface area contributed by atoms with Gasteiger partial charge in [-0.25, -0.2) is 9.97 Å². The summed E-state index contributed by atoms with van der Waals surface area (Å²) in [5.41, 5.74) is 3.58. The summed E-state index contributed by atoms with van der Waals surface area (Å²) in [6.07, 6.45) is 3.42. The first-order valence-electron chi connectivity index (χ1n) is 9.30. The number of nitrogens with one attached hydrogen (secondary N) is 1. The lowest BCUT2D eigenvalue weighted by atomic mass is 10.0. The Bertz CT molecular complexity index is 987. The van der Waals surface area contributed by atoms with Crippen molar-refractivity contribution >= 4 is 22.8 Å². The summed E-state index contributed by atoms with van der Waals surface area (Å²) in [5.74, 6) is 0.892. The summed E-state index contributed by atoms with van der Waals surface area (Å²) >= 11 is 0. The highest BCUT2D eigenvalue weighted by atomic mass is 16.2. The van der Waals surface area contributed by atoms with Crippen LogP contribution < -0.4 is 10.2 Å². The van der Waals surface area contributed by atoms with E-state index in [1.807, 2.05) is 6.92 Å². The fraction of sp³-hybridized carbons (Fsp3) is 0.400. The number of anilines is 1. The lowest BCUT2D eigenvalue weighted by molar-refractivity contribution is 0.0921. The van der Waals surface area contributed by atoms with Crippen molar-refractivity contribution in [2.75, 3.05) is 18.0 Å². The number of aryl methyl sites for hydroxylation is 3. The Hall–Kier alpha value is -2.96. The number of aromatic nitrogens is 4. The minimum absolute atomic E-state index is 0.0626. The highest BCUT2D eigenvalue weighted by molar-refractivity contribution is 5.92. The quantitative estimate of drug-likeness (QED) is 0.772. The molecule has 7 nitrogen and oxygen atoms in total. The first kappa shape index (κ1) is 17.5. The molecule has 1 aliphatic heterocycles. The van der Waals surface area contributed by atoms with Crippen molar-refractivity contribution in [1.29, 1.82) is 0 Å². The first-order valence-corrected chi connectivity index (χ1v) is 9.30. The van der Waals surface area contributed by atoms with Gasteiger partial charge in [-0.2, -0.15) is 5.10 Å². The van der Waals surface area contributed by atoms with Crippen LogP contribution in [0.5, 0.6) is 0 Å². The zero-order valence-corrected chi connectivity index (χ0v) is 15.9. The Morgan fingerprint density at radius 1 is 1.15 bits per heavy atom. The van der Waals surface area contributed by atoms with Crippen molar-refractivity contribution in [3.05, 3.63) is 47.4 Å². The van der Waals surface area contributed by atoms with Crippen LogP contribution >= 0.6 is 0 Å². The lowest BCUT2D eigenvalue weighted by Gasteiger charge is -2.33. The van der Waals surface area contributed by atoms with Gasteiger partial charge in [0.2, 0.25) is 0 Å². The van der Waals surface area contributed by atoms with Crippen molar-refractivity contribution in [3.8, 4) is 0 Å². The number of hydrogen-bond donors (Lipinski definition) is 1. The smallest absolute Gasteiger partial charge is 0.269 e. The molecule has 1 aliphatic rings. The summed E-state index contributed by atoms with van der Waals surface area (Å²) < 4.78 is 1.60. The van der Waals surface area contributed by atoms with Gasteiger partial charge in [0.05, 0.1) is 0 Å². The monoisotopic (exact) mass is 364 g/mol. The number of fused-ring (bicyclic) bond motifs is 1. The minimum atomic E-state index is -0.0626. The average molecular weight is 364 g/mol. The second-order valence-corrected chi connectivity index (χ2v) is 7.20. The molecule has 0 aromatic carbocycles. The average Bonchev–Trinajstić information content (AvgIpc) is 3.08. The Morgan fingerprint density at radius 3 is 2.63 bits per heavy atom. The molecule has 4 rings (SSSR count). The Balaban J connectivity index is 1.42. The van der Waals surface area contributed by atoms with Crippen molar-refractivity contribution in [2.24, 2.45) is 7.05 Å². The van der Waals surface area contributed by atoms with Crippen molar-refractivity contribution in [1.82, 2.24) is 25.1 Å². The van der Waals surface area contributed by atoms with E-state index in [4.69, 9.17) is 4.98 Å². The summed E-state index contributed by atoms with van der Waals surface area (Å²) in [6, 6.07) is 8.17. The molecule has 1 N–H and O–H groups in total. The summed E-state index contributed by atoms with van der Waals surface area (Å²) in [4.78, 5) is 24.0. The topological polar surface area (TPSA) is 75.9 Å². The molecule has 0 aliphatic carbocycles. The third-order valence-electron chi connectivity index (χ3n) is 5.20. The van der Waals surface area contributed by atoms with E-state index >= 15 is 0 Å². The van der Waals surface area contributed by atoms with E-state index in [9.17, 15) is 4.79 Å². The van der Waals surface area contributed by atoms with Crippen molar-refractivity contribution in [2.45, 2.75) is 32.7 Å². The Labute approximate surface area is 158 Å². The van der Waals surface area contributed by atoms with Crippen molar-refractivity contribution in [3.63, 3.8) is 0 Å². The van der Waals surface area contributed by atoms with E-state index in [2.05, 4.69) is 45.4 Å². The molecule has 0 bridgehead atoms. The zero-order valence-electron chi connectivity index (χ0n) is 15.9. The Kier molecular flexibility index (Phi) is 4.51. The maximum Gasteiger partial charge on any atom is 0.269 e. The molecular formula is C20H24N6O. The molecule has 7 heteroatoms. The molecule has 0 spiro atoms. The molecule has 3 aromatic heterocycles. The number of hydrogen-bond acceptors (Lipinski definition) is 5. The van der Waals surface area contributed by atoms with Gasteiger partial charge in [-0.3, -0.25) is 9.48 Å². The number of amides is 1. The predicted molar refractivity (Wildman–Crippen MR) is 105 cm³/mol. The molecule has 0 saturated carbocycles. The molecule has 1 fully saturated rings. The van der Waals surface area contributed by atoms with Gasteiger partial charge in [0.1, 0.15) is 11.5 Å². The van der Waals surface area contributed by atoms with Crippen LogP contribution in [0.2, 0.25) is 0 Å². The highest BCUT2D eigenvalue weighted by Crippen LogP contribution is 2.23. The molecule has 1 amide bonds. The van der Waals surface area contributed by atoms with Crippen LogP contribution in [0.4, 0.5) is 5.82 Å². The lowest BCUT2D eigenvalue weighted by Crippen LogP contribution is -2.45. The van der Waals surface area contributed by atoms with Gasteiger partial charge in [0.25, 0.3) is 5.91 Å². The summed E-state index contributed by atoms with van der Waals surface area (Å²) in [6.45, 7) is 5.81. The van der Waals surface area contributed by atoms with Gasteiger partial charge in [-0.1, -0.05) is 0 Å². The molecule has 3 aromatic rings. The van der Waals surface area contributed by atoms with Gasteiger partial charge >= 0.3 is 0 Å². The maximum atomic E-state index is 12.4. The van der Waals surface area contributed by atoms with Crippen LogP contribution in [0, 0.1) is 13.8 Å². The van der Waals surface area contributed by atoms with E-state index in [0.717, 1.165) is 48.5 Å². The molecule has 1 saturated heterocycles. The number of nitrogens with zero attached hydrogens (tertiary/aromatic N) is 5.